The van der Waals surface area contributed by atoms with Crippen molar-refractivity contribution in [2.75, 3.05) is 33.4 Å². The standard InChI is InChI=1S/C14H29NO3/c1-3-4-5-6-7-8-9-10-15(11-12-18-2)13-14(16)17/h3-13H2,1-2H3,(H,16,17). The maximum atomic E-state index is 10.7. The average Bonchev–Trinajstić information content (AvgIpc) is 2.34. The van der Waals surface area contributed by atoms with E-state index in [9.17, 15) is 4.79 Å². The van der Waals surface area contributed by atoms with Crippen molar-refractivity contribution in [1.29, 1.82) is 0 Å². The Hall–Kier alpha value is -0.610. The highest BCUT2D eigenvalue weighted by Crippen LogP contribution is 2.07. The molecule has 0 aromatic rings. The highest BCUT2D eigenvalue weighted by molar-refractivity contribution is 5.69. The Labute approximate surface area is 111 Å². The molecule has 0 amide bonds. The van der Waals surface area contributed by atoms with Crippen molar-refractivity contribution < 1.29 is 14.6 Å². The van der Waals surface area contributed by atoms with Crippen LogP contribution in [0.2, 0.25) is 0 Å². The van der Waals surface area contributed by atoms with Crippen LogP contribution in [0.1, 0.15) is 51.9 Å². The van der Waals surface area contributed by atoms with Gasteiger partial charge in [-0.05, 0) is 13.0 Å². The molecule has 0 aromatic heterocycles. The Morgan fingerprint density at radius 3 is 2.22 bits per heavy atom. The number of nitrogens with zero attached hydrogens (tertiary/aromatic N) is 1. The summed E-state index contributed by atoms with van der Waals surface area (Å²) >= 11 is 0. The molecule has 0 aliphatic heterocycles. The summed E-state index contributed by atoms with van der Waals surface area (Å²) in [6.45, 7) is 4.52. The van der Waals surface area contributed by atoms with E-state index in [1.54, 1.807) is 7.11 Å². The monoisotopic (exact) mass is 259 g/mol. The third-order valence-electron chi connectivity index (χ3n) is 3.05. The van der Waals surface area contributed by atoms with Crippen LogP contribution < -0.4 is 0 Å². The Morgan fingerprint density at radius 1 is 1.06 bits per heavy atom. The summed E-state index contributed by atoms with van der Waals surface area (Å²) < 4.78 is 4.99. The van der Waals surface area contributed by atoms with Gasteiger partial charge in [0.2, 0.25) is 0 Å². The van der Waals surface area contributed by atoms with Gasteiger partial charge in [-0.15, -0.1) is 0 Å². The van der Waals surface area contributed by atoms with Gasteiger partial charge in [0.05, 0.1) is 13.2 Å². The van der Waals surface area contributed by atoms with Crippen LogP contribution in [-0.2, 0) is 9.53 Å². The number of carbonyl (C=O) groups is 1. The minimum atomic E-state index is -0.756. The van der Waals surface area contributed by atoms with Gasteiger partial charge < -0.3 is 9.84 Å². The van der Waals surface area contributed by atoms with Crippen molar-refractivity contribution in [3.63, 3.8) is 0 Å². The molecule has 0 atom stereocenters. The van der Waals surface area contributed by atoms with Gasteiger partial charge in [0.15, 0.2) is 0 Å². The molecule has 0 saturated carbocycles. The number of ether oxygens (including phenoxy) is 1. The molecule has 0 rings (SSSR count). The summed E-state index contributed by atoms with van der Waals surface area (Å²) in [6.07, 6.45) is 8.81. The zero-order valence-electron chi connectivity index (χ0n) is 12.0. The Morgan fingerprint density at radius 2 is 1.67 bits per heavy atom. The summed E-state index contributed by atoms with van der Waals surface area (Å²) in [5.41, 5.74) is 0. The number of rotatable bonds is 13. The van der Waals surface area contributed by atoms with Gasteiger partial charge in [-0.25, -0.2) is 0 Å². The lowest BCUT2D eigenvalue weighted by Crippen LogP contribution is -2.33. The SMILES string of the molecule is CCCCCCCCCN(CCOC)CC(=O)O. The zero-order chi connectivity index (χ0) is 13.6. The van der Waals surface area contributed by atoms with Crippen LogP contribution in [0.4, 0.5) is 0 Å². The summed E-state index contributed by atoms with van der Waals surface area (Å²) in [4.78, 5) is 12.7. The fourth-order valence-corrected chi connectivity index (χ4v) is 1.97. The number of unbranched alkanes of at least 4 members (excludes halogenated alkanes) is 6. The second kappa shape index (κ2) is 12.8. The lowest BCUT2D eigenvalue weighted by molar-refractivity contribution is -0.138. The number of aliphatic carboxylic acids is 1. The Kier molecular flexibility index (Phi) is 12.4. The normalized spacial score (nSPS) is 11.1. The maximum absolute atomic E-state index is 10.7. The lowest BCUT2D eigenvalue weighted by atomic mass is 10.1. The smallest absolute Gasteiger partial charge is 0.317 e. The second-order valence-electron chi connectivity index (χ2n) is 4.78. The zero-order valence-corrected chi connectivity index (χ0v) is 12.0. The van der Waals surface area contributed by atoms with E-state index in [1.165, 1.54) is 38.5 Å². The first-order valence-corrected chi connectivity index (χ1v) is 7.13. The molecule has 0 saturated heterocycles. The fourth-order valence-electron chi connectivity index (χ4n) is 1.97. The van der Waals surface area contributed by atoms with Gasteiger partial charge >= 0.3 is 5.97 Å². The van der Waals surface area contributed by atoms with Crippen molar-refractivity contribution in [3.05, 3.63) is 0 Å². The minimum Gasteiger partial charge on any atom is -0.480 e. The van der Waals surface area contributed by atoms with Crippen LogP contribution in [0.25, 0.3) is 0 Å². The predicted octanol–water partition coefficient (Wildman–Crippen LogP) is 2.77. The van der Waals surface area contributed by atoms with E-state index in [-0.39, 0.29) is 6.54 Å². The largest absolute Gasteiger partial charge is 0.480 e. The van der Waals surface area contributed by atoms with Crippen LogP contribution in [0.5, 0.6) is 0 Å². The van der Waals surface area contributed by atoms with Crippen molar-refractivity contribution in [1.82, 2.24) is 4.90 Å². The molecule has 0 bridgehead atoms. The molecule has 108 valence electrons. The van der Waals surface area contributed by atoms with Crippen LogP contribution in [0.3, 0.4) is 0 Å². The van der Waals surface area contributed by atoms with Gasteiger partial charge in [0.1, 0.15) is 0 Å². The first-order valence-electron chi connectivity index (χ1n) is 7.13. The lowest BCUT2D eigenvalue weighted by Gasteiger charge is -2.19. The molecule has 0 aliphatic rings. The molecule has 0 spiro atoms. The summed E-state index contributed by atoms with van der Waals surface area (Å²) in [6, 6.07) is 0. The fraction of sp³-hybridized carbons (Fsp3) is 0.929. The van der Waals surface area contributed by atoms with Crippen molar-refractivity contribution in [3.8, 4) is 0 Å². The van der Waals surface area contributed by atoms with Crippen molar-refractivity contribution >= 4 is 5.97 Å². The van der Waals surface area contributed by atoms with E-state index in [0.717, 1.165) is 13.0 Å². The molecule has 18 heavy (non-hydrogen) atoms. The van der Waals surface area contributed by atoms with Crippen molar-refractivity contribution in [2.45, 2.75) is 51.9 Å². The van der Waals surface area contributed by atoms with E-state index < -0.39 is 5.97 Å². The summed E-state index contributed by atoms with van der Waals surface area (Å²) in [7, 11) is 1.65. The van der Waals surface area contributed by atoms with Gasteiger partial charge in [0.25, 0.3) is 0 Å². The maximum Gasteiger partial charge on any atom is 0.317 e. The van der Waals surface area contributed by atoms with Crippen LogP contribution in [0, 0.1) is 0 Å². The average molecular weight is 259 g/mol. The summed E-state index contributed by atoms with van der Waals surface area (Å²) in [5, 5.41) is 8.80. The highest BCUT2D eigenvalue weighted by Gasteiger charge is 2.08. The molecule has 0 radical (unpaired) electrons. The van der Waals surface area contributed by atoms with E-state index in [4.69, 9.17) is 9.84 Å². The highest BCUT2D eigenvalue weighted by atomic mass is 16.5. The molecule has 0 fully saturated rings. The first-order chi connectivity index (χ1) is 8.70. The molecule has 4 heteroatoms. The van der Waals surface area contributed by atoms with Crippen molar-refractivity contribution in [2.24, 2.45) is 0 Å². The molecular weight excluding hydrogens is 230 g/mol. The number of carboxylic acid groups (broad SMARTS) is 1. The van der Waals surface area contributed by atoms with Gasteiger partial charge in [-0.1, -0.05) is 45.4 Å². The van der Waals surface area contributed by atoms with Gasteiger partial charge in [-0.2, -0.15) is 0 Å². The predicted molar refractivity (Wildman–Crippen MR) is 73.9 cm³/mol. The van der Waals surface area contributed by atoms with Crippen LogP contribution >= 0.6 is 0 Å². The van der Waals surface area contributed by atoms with E-state index in [2.05, 4.69) is 6.92 Å². The molecular formula is C14H29NO3. The molecule has 1 N–H and O–H groups in total. The van der Waals surface area contributed by atoms with Crippen LogP contribution in [-0.4, -0.2) is 49.3 Å². The van der Waals surface area contributed by atoms with E-state index in [0.29, 0.717) is 13.2 Å². The Balaban J connectivity index is 3.52. The van der Waals surface area contributed by atoms with Gasteiger partial charge in [-0.3, -0.25) is 9.69 Å². The first kappa shape index (κ1) is 17.4. The van der Waals surface area contributed by atoms with Crippen LogP contribution in [0.15, 0.2) is 0 Å². The number of hydrogen-bond donors (Lipinski definition) is 1. The quantitative estimate of drug-likeness (QED) is 0.517. The number of hydrogen-bond acceptors (Lipinski definition) is 3. The number of carboxylic acids is 1. The molecule has 0 heterocycles. The summed E-state index contributed by atoms with van der Waals surface area (Å²) in [5.74, 6) is -0.756. The molecule has 4 nitrogen and oxygen atoms in total. The number of methoxy groups -OCH3 is 1. The molecule has 0 aromatic carbocycles. The van der Waals surface area contributed by atoms with E-state index >= 15 is 0 Å². The van der Waals surface area contributed by atoms with Gasteiger partial charge in [0, 0.05) is 13.7 Å². The third kappa shape index (κ3) is 11.9. The third-order valence-corrected chi connectivity index (χ3v) is 3.05. The molecule has 0 unspecified atom stereocenters. The minimum absolute atomic E-state index is 0.124. The second-order valence-corrected chi connectivity index (χ2v) is 4.78. The van der Waals surface area contributed by atoms with E-state index in [1.807, 2.05) is 4.90 Å². The topological polar surface area (TPSA) is 49.8 Å². The Bertz CT molecular complexity index is 197. The molecule has 0 aliphatic carbocycles.